The highest BCUT2D eigenvalue weighted by atomic mass is 35.5. The summed E-state index contributed by atoms with van der Waals surface area (Å²) in [5, 5.41) is 4.72. The fourth-order valence-electron chi connectivity index (χ4n) is 1.46. The van der Waals surface area contributed by atoms with Gasteiger partial charge in [-0.15, -0.1) is 16.7 Å². The number of aromatic nitrogens is 2. The molecule has 0 atom stereocenters. The Balaban J connectivity index is 2.33. The highest BCUT2D eigenvalue weighted by Crippen LogP contribution is 2.26. The van der Waals surface area contributed by atoms with Gasteiger partial charge < -0.3 is 4.90 Å². The molecule has 0 radical (unpaired) electrons. The lowest BCUT2D eigenvalue weighted by atomic mass is 10.2. The van der Waals surface area contributed by atoms with Crippen molar-refractivity contribution in [3.8, 4) is 0 Å². The van der Waals surface area contributed by atoms with Crippen LogP contribution in [0.2, 0.25) is 10.0 Å². The maximum atomic E-state index is 12.3. The van der Waals surface area contributed by atoms with Crippen LogP contribution >= 0.6 is 46.3 Å². The molecule has 4 nitrogen and oxygen atoms in total. The van der Waals surface area contributed by atoms with Crippen molar-refractivity contribution in [2.45, 2.75) is 5.88 Å². The Kier molecular flexibility index (Phi) is 4.62. The zero-order valence-corrected chi connectivity index (χ0v) is 12.8. The predicted octanol–water partition coefficient (Wildman–Crippen LogP) is 3.86. The third-order valence-corrected chi connectivity index (χ3v) is 3.86. The standard InChI is InChI=1S/C11H8Cl3N3OS/c1-17(8-3-6(13)2-7(14)4-8)11(18)10-9(5-12)15-16-19-10/h2-4H,5H2,1H3. The van der Waals surface area contributed by atoms with Gasteiger partial charge >= 0.3 is 0 Å². The number of rotatable bonds is 3. The fraction of sp³-hybridized carbons (Fsp3) is 0.182. The minimum Gasteiger partial charge on any atom is -0.311 e. The van der Waals surface area contributed by atoms with E-state index >= 15 is 0 Å². The second-order valence-corrected chi connectivity index (χ2v) is 5.57. The van der Waals surface area contributed by atoms with E-state index in [0.29, 0.717) is 26.3 Å². The van der Waals surface area contributed by atoms with Crippen LogP contribution in [0, 0.1) is 0 Å². The molecule has 1 amide bonds. The maximum Gasteiger partial charge on any atom is 0.271 e. The molecule has 2 rings (SSSR count). The van der Waals surface area contributed by atoms with Crippen LogP contribution in [0.4, 0.5) is 5.69 Å². The zero-order valence-electron chi connectivity index (χ0n) is 9.73. The summed E-state index contributed by atoms with van der Waals surface area (Å²) in [6.07, 6.45) is 0. The van der Waals surface area contributed by atoms with E-state index in [2.05, 4.69) is 9.59 Å². The molecular formula is C11H8Cl3N3OS. The number of carbonyl (C=O) groups excluding carboxylic acids is 1. The van der Waals surface area contributed by atoms with E-state index < -0.39 is 0 Å². The lowest BCUT2D eigenvalue weighted by Crippen LogP contribution is -2.26. The highest BCUT2D eigenvalue weighted by Gasteiger charge is 2.21. The monoisotopic (exact) mass is 335 g/mol. The number of anilines is 1. The quantitative estimate of drug-likeness (QED) is 0.800. The fourth-order valence-corrected chi connectivity index (χ4v) is 2.90. The number of hydrogen-bond acceptors (Lipinski definition) is 4. The highest BCUT2D eigenvalue weighted by molar-refractivity contribution is 7.08. The van der Waals surface area contributed by atoms with Crippen LogP contribution in [0.15, 0.2) is 18.2 Å². The summed E-state index contributed by atoms with van der Waals surface area (Å²) in [5.41, 5.74) is 1.06. The Morgan fingerprint density at radius 2 is 1.95 bits per heavy atom. The van der Waals surface area contributed by atoms with Gasteiger partial charge in [0.2, 0.25) is 0 Å². The van der Waals surface area contributed by atoms with Crippen molar-refractivity contribution in [3.05, 3.63) is 38.8 Å². The number of hydrogen-bond donors (Lipinski definition) is 0. The van der Waals surface area contributed by atoms with Crippen molar-refractivity contribution in [1.29, 1.82) is 0 Å². The van der Waals surface area contributed by atoms with Crippen molar-refractivity contribution in [1.82, 2.24) is 9.59 Å². The molecule has 0 N–H and O–H groups in total. The first-order valence-electron chi connectivity index (χ1n) is 5.14. The summed E-state index contributed by atoms with van der Waals surface area (Å²) in [7, 11) is 1.63. The number of benzene rings is 1. The van der Waals surface area contributed by atoms with Crippen molar-refractivity contribution < 1.29 is 4.79 Å². The van der Waals surface area contributed by atoms with E-state index in [0.717, 1.165) is 11.5 Å². The molecule has 19 heavy (non-hydrogen) atoms. The normalized spacial score (nSPS) is 10.5. The van der Waals surface area contributed by atoms with E-state index in [1.807, 2.05) is 0 Å². The molecule has 0 aliphatic carbocycles. The van der Waals surface area contributed by atoms with Crippen molar-refractivity contribution >= 4 is 57.9 Å². The van der Waals surface area contributed by atoms with Gasteiger partial charge in [-0.05, 0) is 29.7 Å². The van der Waals surface area contributed by atoms with Gasteiger partial charge in [0.05, 0.1) is 5.88 Å². The number of carbonyl (C=O) groups is 1. The summed E-state index contributed by atoms with van der Waals surface area (Å²) < 4.78 is 3.73. The molecule has 0 aliphatic heterocycles. The first kappa shape index (κ1) is 14.5. The van der Waals surface area contributed by atoms with Crippen LogP contribution in [-0.2, 0) is 5.88 Å². The molecule has 0 spiro atoms. The molecule has 0 aliphatic rings. The largest absolute Gasteiger partial charge is 0.311 e. The number of alkyl halides is 1. The lowest BCUT2D eigenvalue weighted by Gasteiger charge is -2.17. The second kappa shape index (κ2) is 6.05. The molecule has 100 valence electrons. The Morgan fingerprint density at radius 1 is 1.32 bits per heavy atom. The second-order valence-electron chi connectivity index (χ2n) is 3.67. The minimum absolute atomic E-state index is 0.141. The molecule has 2 aromatic rings. The van der Waals surface area contributed by atoms with Crippen molar-refractivity contribution in [2.75, 3.05) is 11.9 Å². The number of amides is 1. The van der Waals surface area contributed by atoms with Gasteiger partial charge in [0, 0.05) is 22.8 Å². The average Bonchev–Trinajstić information content (AvgIpc) is 2.84. The summed E-state index contributed by atoms with van der Waals surface area (Å²) in [6.45, 7) is 0. The summed E-state index contributed by atoms with van der Waals surface area (Å²) in [4.78, 5) is 14.2. The molecular weight excluding hydrogens is 329 g/mol. The molecule has 1 aromatic heterocycles. The Hall–Kier alpha value is -0.880. The van der Waals surface area contributed by atoms with E-state index in [1.165, 1.54) is 4.90 Å². The van der Waals surface area contributed by atoms with Crippen LogP contribution < -0.4 is 4.90 Å². The van der Waals surface area contributed by atoms with Crippen LogP contribution in [0.1, 0.15) is 15.4 Å². The SMILES string of the molecule is CN(C(=O)c1snnc1CCl)c1cc(Cl)cc(Cl)c1. The van der Waals surface area contributed by atoms with Gasteiger partial charge in [0.25, 0.3) is 5.91 Å². The predicted molar refractivity (Wildman–Crippen MR) is 78.7 cm³/mol. The summed E-state index contributed by atoms with van der Waals surface area (Å²) in [5.74, 6) is -0.106. The van der Waals surface area contributed by atoms with Crippen molar-refractivity contribution in [3.63, 3.8) is 0 Å². The molecule has 8 heteroatoms. The van der Waals surface area contributed by atoms with Crippen molar-refractivity contribution in [2.24, 2.45) is 0 Å². The molecule has 0 saturated heterocycles. The Morgan fingerprint density at radius 3 is 2.53 bits per heavy atom. The van der Waals surface area contributed by atoms with Gasteiger partial charge in [-0.2, -0.15) is 0 Å². The number of nitrogens with zero attached hydrogens (tertiary/aromatic N) is 3. The maximum absolute atomic E-state index is 12.3. The summed E-state index contributed by atoms with van der Waals surface area (Å²) in [6, 6.07) is 4.91. The Bertz CT molecular complexity index is 597. The van der Waals surface area contributed by atoms with E-state index in [4.69, 9.17) is 34.8 Å². The molecule has 0 unspecified atom stereocenters. The number of halogens is 3. The van der Waals surface area contributed by atoms with Gasteiger partial charge in [-0.25, -0.2) is 0 Å². The first-order valence-corrected chi connectivity index (χ1v) is 7.20. The zero-order chi connectivity index (χ0) is 14.0. The molecule has 0 bridgehead atoms. The van der Waals surface area contributed by atoms with Crippen LogP contribution in [-0.4, -0.2) is 22.5 Å². The first-order chi connectivity index (χ1) is 9.02. The van der Waals surface area contributed by atoms with E-state index in [-0.39, 0.29) is 11.8 Å². The van der Waals surface area contributed by atoms with Crippen LogP contribution in [0.5, 0.6) is 0 Å². The lowest BCUT2D eigenvalue weighted by molar-refractivity contribution is 0.0996. The van der Waals surface area contributed by atoms with Gasteiger partial charge in [-0.1, -0.05) is 27.7 Å². The third-order valence-electron chi connectivity index (χ3n) is 2.42. The van der Waals surface area contributed by atoms with Gasteiger partial charge in [-0.3, -0.25) is 4.79 Å². The average molecular weight is 337 g/mol. The van der Waals surface area contributed by atoms with Gasteiger partial charge in [0.1, 0.15) is 10.6 Å². The summed E-state index contributed by atoms with van der Waals surface area (Å²) >= 11 is 18.6. The molecule has 0 saturated carbocycles. The minimum atomic E-state index is -0.246. The van der Waals surface area contributed by atoms with Gasteiger partial charge in [0.15, 0.2) is 0 Å². The Labute approximate surface area is 129 Å². The topological polar surface area (TPSA) is 46.1 Å². The van der Waals surface area contributed by atoms with Crippen LogP contribution in [0.25, 0.3) is 0 Å². The molecule has 1 heterocycles. The van der Waals surface area contributed by atoms with Crippen LogP contribution in [0.3, 0.4) is 0 Å². The van der Waals surface area contributed by atoms with E-state index in [9.17, 15) is 4.79 Å². The molecule has 1 aromatic carbocycles. The van der Waals surface area contributed by atoms with E-state index in [1.54, 1.807) is 25.2 Å². The third kappa shape index (κ3) is 3.17. The smallest absolute Gasteiger partial charge is 0.271 e. The molecule has 0 fully saturated rings.